The predicted molar refractivity (Wildman–Crippen MR) is 137 cm³/mol. The molecular weight excluding hydrogens is 606 g/mol. The normalized spacial score (nSPS) is 12.2. The molecule has 0 radical (unpaired) electrons. The summed E-state index contributed by atoms with van der Waals surface area (Å²) in [7, 11) is 0. The molecule has 1 atom stereocenters. The standard InChI is InChI=1S/C21H21BrIN6O2P/c1-11-7-12(16-15-8-14(22)10-24-18(15)29(27-16)32-23)5-6-13(11)9-25-19(30)17-26-20(31-28-17)21(2,3)4/h5-8,10,32H,9H2,1-4H3,(H,25,30). The average molecular weight is 627 g/mol. The number of aryl methyl sites for hydroxylation is 1. The van der Waals surface area contributed by atoms with Crippen LogP contribution in [0.3, 0.4) is 0 Å². The van der Waals surface area contributed by atoms with Gasteiger partial charge < -0.3 is 9.84 Å². The van der Waals surface area contributed by atoms with Crippen molar-refractivity contribution in [1.29, 1.82) is 0 Å². The predicted octanol–water partition coefficient (Wildman–Crippen LogP) is 5.57. The number of halogens is 2. The van der Waals surface area contributed by atoms with E-state index in [0.717, 1.165) is 37.9 Å². The van der Waals surface area contributed by atoms with E-state index in [0.29, 0.717) is 18.8 Å². The Kier molecular flexibility index (Phi) is 6.65. The van der Waals surface area contributed by atoms with Gasteiger partial charge in [-0.05, 0) is 68.2 Å². The molecule has 1 aromatic carbocycles. The van der Waals surface area contributed by atoms with Gasteiger partial charge in [-0.1, -0.05) is 38.1 Å². The number of hydrogen-bond acceptors (Lipinski definition) is 6. The van der Waals surface area contributed by atoms with Gasteiger partial charge in [-0.15, -0.1) is 0 Å². The van der Waals surface area contributed by atoms with Crippen molar-refractivity contribution in [2.24, 2.45) is 0 Å². The van der Waals surface area contributed by atoms with Crippen molar-refractivity contribution in [3.05, 3.63) is 57.8 Å². The van der Waals surface area contributed by atoms with Gasteiger partial charge in [0, 0.05) is 33.6 Å². The van der Waals surface area contributed by atoms with Gasteiger partial charge in [-0.25, -0.2) is 9.44 Å². The largest absolute Gasteiger partial charge is 0.345 e. The van der Waals surface area contributed by atoms with Gasteiger partial charge in [0.1, 0.15) is 5.69 Å². The highest BCUT2D eigenvalue weighted by Gasteiger charge is 2.24. The number of carbonyl (C=O) groups is 1. The Morgan fingerprint density at radius 3 is 2.75 bits per heavy atom. The lowest BCUT2D eigenvalue weighted by Gasteiger charge is -2.10. The summed E-state index contributed by atoms with van der Waals surface area (Å²) in [6, 6.07) is 8.14. The lowest BCUT2D eigenvalue weighted by atomic mass is 9.97. The molecule has 1 N–H and O–H groups in total. The van der Waals surface area contributed by atoms with Gasteiger partial charge in [0.2, 0.25) is 5.89 Å². The van der Waals surface area contributed by atoms with Crippen molar-refractivity contribution in [2.75, 3.05) is 0 Å². The summed E-state index contributed by atoms with van der Waals surface area (Å²) in [5.74, 6) is 0.110. The summed E-state index contributed by atoms with van der Waals surface area (Å²) in [6.07, 6.45) is 2.24. The van der Waals surface area contributed by atoms with Crippen LogP contribution in [0.4, 0.5) is 0 Å². The second kappa shape index (κ2) is 9.15. The molecule has 8 nitrogen and oxygen atoms in total. The molecule has 4 aromatic rings. The first kappa shape index (κ1) is 23.3. The molecule has 0 aliphatic heterocycles. The van der Waals surface area contributed by atoms with E-state index in [2.05, 4.69) is 64.5 Å². The zero-order chi connectivity index (χ0) is 23.0. The Labute approximate surface area is 208 Å². The Hall–Kier alpha value is -1.91. The van der Waals surface area contributed by atoms with E-state index >= 15 is 0 Å². The van der Waals surface area contributed by atoms with Crippen molar-refractivity contribution < 1.29 is 9.32 Å². The topological polar surface area (TPSA) is 98.7 Å². The average Bonchev–Trinajstić information content (AvgIpc) is 3.37. The zero-order valence-electron chi connectivity index (χ0n) is 17.9. The molecule has 1 amide bonds. The second-order valence-electron chi connectivity index (χ2n) is 8.37. The molecule has 0 spiro atoms. The van der Waals surface area contributed by atoms with Gasteiger partial charge >= 0.3 is 0 Å². The summed E-state index contributed by atoms with van der Waals surface area (Å²) in [5, 5.41) is 12.4. The molecule has 0 bridgehead atoms. The van der Waals surface area contributed by atoms with Gasteiger partial charge in [-0.3, -0.25) is 4.79 Å². The fraction of sp³-hybridized carbons (Fsp3) is 0.286. The highest BCUT2D eigenvalue weighted by atomic mass is 127. The molecule has 0 fully saturated rings. The number of fused-ring (bicyclic) bond motifs is 1. The molecule has 0 saturated carbocycles. The van der Waals surface area contributed by atoms with Crippen molar-refractivity contribution in [3.63, 3.8) is 0 Å². The zero-order valence-corrected chi connectivity index (χ0v) is 22.6. The highest BCUT2D eigenvalue weighted by molar-refractivity contribution is 14.2. The molecule has 1 unspecified atom stereocenters. The Bertz CT molecular complexity index is 1310. The Morgan fingerprint density at radius 1 is 1.31 bits per heavy atom. The summed E-state index contributed by atoms with van der Waals surface area (Å²) < 4.78 is 8.03. The smallest absolute Gasteiger partial charge is 0.292 e. The van der Waals surface area contributed by atoms with Crippen LogP contribution in [0, 0.1) is 6.92 Å². The third-order valence-corrected chi connectivity index (χ3v) is 7.17. The third kappa shape index (κ3) is 4.72. The molecule has 0 saturated heterocycles. The Morgan fingerprint density at radius 2 is 2.09 bits per heavy atom. The van der Waals surface area contributed by atoms with E-state index in [4.69, 9.17) is 9.62 Å². The second-order valence-corrected chi connectivity index (χ2v) is 11.3. The van der Waals surface area contributed by atoms with Crippen LogP contribution in [0.2, 0.25) is 0 Å². The molecule has 3 heterocycles. The number of nitrogens with one attached hydrogen (secondary N) is 1. The summed E-state index contributed by atoms with van der Waals surface area (Å²) >= 11 is 5.81. The first-order valence-corrected chi connectivity index (χ1v) is 14.7. The monoisotopic (exact) mass is 626 g/mol. The van der Waals surface area contributed by atoms with Crippen LogP contribution in [-0.2, 0) is 12.0 Å². The van der Waals surface area contributed by atoms with E-state index in [-0.39, 0.29) is 17.1 Å². The molecule has 32 heavy (non-hydrogen) atoms. The first-order chi connectivity index (χ1) is 15.2. The minimum atomic E-state index is -0.364. The summed E-state index contributed by atoms with van der Waals surface area (Å²) in [6.45, 7) is 8.24. The molecule has 3 aromatic heterocycles. The van der Waals surface area contributed by atoms with Crippen LogP contribution in [0.1, 0.15) is 48.4 Å². The first-order valence-electron chi connectivity index (χ1n) is 9.80. The quantitative estimate of drug-likeness (QED) is 0.230. The minimum absolute atomic E-state index is 0.0407. The maximum Gasteiger partial charge on any atom is 0.292 e. The number of aromatic nitrogens is 5. The maximum atomic E-state index is 12.5. The fourth-order valence-electron chi connectivity index (χ4n) is 3.16. The molecule has 0 aliphatic rings. The third-order valence-electron chi connectivity index (χ3n) is 4.90. The maximum absolute atomic E-state index is 12.5. The van der Waals surface area contributed by atoms with Gasteiger partial charge in [0.05, 0.1) is 6.37 Å². The number of pyridine rings is 1. The van der Waals surface area contributed by atoms with Crippen molar-refractivity contribution >= 4 is 61.3 Å². The molecule has 0 aliphatic carbocycles. The number of amides is 1. The van der Waals surface area contributed by atoms with Crippen LogP contribution >= 0.6 is 44.3 Å². The molecular formula is C21H21BrIN6O2P. The van der Waals surface area contributed by atoms with Crippen LogP contribution in [0.25, 0.3) is 22.3 Å². The van der Waals surface area contributed by atoms with E-state index < -0.39 is 0 Å². The molecule has 11 heteroatoms. The van der Waals surface area contributed by atoms with E-state index in [9.17, 15) is 4.79 Å². The van der Waals surface area contributed by atoms with Crippen LogP contribution in [0.5, 0.6) is 0 Å². The van der Waals surface area contributed by atoms with Crippen molar-refractivity contribution in [2.45, 2.75) is 39.7 Å². The highest BCUT2D eigenvalue weighted by Crippen LogP contribution is 2.35. The number of rotatable bonds is 5. The summed E-state index contributed by atoms with van der Waals surface area (Å²) in [4.78, 5) is 21.2. The summed E-state index contributed by atoms with van der Waals surface area (Å²) in [5.41, 5.74) is 4.49. The SMILES string of the molecule is Cc1cc(-c2nn(PI)c3ncc(Br)cc23)ccc1CNC(=O)c1noc(C(C)(C)C)n1. The Balaban J connectivity index is 1.54. The number of hydrogen-bond donors (Lipinski definition) is 1. The molecule has 4 rings (SSSR count). The number of benzene rings is 1. The van der Waals surface area contributed by atoms with Gasteiger partial charge in [0.15, 0.2) is 5.65 Å². The van der Waals surface area contributed by atoms with E-state index in [1.165, 1.54) is 0 Å². The van der Waals surface area contributed by atoms with E-state index in [1.54, 1.807) is 6.20 Å². The van der Waals surface area contributed by atoms with Crippen molar-refractivity contribution in [3.8, 4) is 11.3 Å². The van der Waals surface area contributed by atoms with Gasteiger partial charge in [0.25, 0.3) is 11.7 Å². The van der Waals surface area contributed by atoms with Crippen LogP contribution in [0.15, 0.2) is 39.5 Å². The number of nitrogens with zero attached hydrogens (tertiary/aromatic N) is 5. The van der Waals surface area contributed by atoms with E-state index in [1.807, 2.05) is 50.3 Å². The van der Waals surface area contributed by atoms with Crippen LogP contribution in [-0.4, -0.2) is 30.6 Å². The number of carbonyl (C=O) groups excluding carboxylic acids is 1. The van der Waals surface area contributed by atoms with Crippen molar-refractivity contribution in [1.82, 2.24) is 30.0 Å². The van der Waals surface area contributed by atoms with Crippen LogP contribution < -0.4 is 5.32 Å². The van der Waals surface area contributed by atoms with Gasteiger partial charge in [-0.2, -0.15) is 10.1 Å². The minimum Gasteiger partial charge on any atom is -0.345 e. The fourth-order valence-corrected chi connectivity index (χ4v) is 4.90. The molecule has 166 valence electrons. The lowest BCUT2D eigenvalue weighted by Crippen LogP contribution is -2.24. The lowest BCUT2D eigenvalue weighted by molar-refractivity contribution is 0.0937.